The molecule has 3 aromatic rings. The van der Waals surface area contributed by atoms with E-state index in [1.807, 2.05) is 39.0 Å². The normalized spacial score (nSPS) is 12.7. The van der Waals surface area contributed by atoms with Crippen molar-refractivity contribution in [2.45, 2.75) is 33.2 Å². The van der Waals surface area contributed by atoms with Gasteiger partial charge in [0.2, 0.25) is 0 Å². The lowest BCUT2D eigenvalue weighted by molar-refractivity contribution is 0.0944. The van der Waals surface area contributed by atoms with Crippen molar-refractivity contribution in [1.82, 2.24) is 10.3 Å². The maximum Gasteiger partial charge on any atom is 0.263 e. The zero-order valence-corrected chi connectivity index (χ0v) is 13.8. The standard InChI is InChI=1S/C17H19N3OS/c1-4-10(3)19-16(21)15-14(18)12-8-11-6-5-9(2)7-13(11)20-17(12)22-15/h5-8,10H,4,18H2,1-3H3,(H,19,21)/t10-/m1/s1. The molecule has 0 aliphatic rings. The monoisotopic (exact) mass is 313 g/mol. The van der Waals surface area contributed by atoms with Crippen LogP contribution in [0.4, 0.5) is 5.69 Å². The fraction of sp³-hybridized carbons (Fsp3) is 0.294. The average Bonchev–Trinajstić information content (AvgIpc) is 2.81. The fourth-order valence-electron chi connectivity index (χ4n) is 2.36. The smallest absolute Gasteiger partial charge is 0.263 e. The number of fused-ring (bicyclic) bond motifs is 2. The van der Waals surface area contributed by atoms with Crippen molar-refractivity contribution < 1.29 is 4.79 Å². The third kappa shape index (κ3) is 2.52. The van der Waals surface area contributed by atoms with Crippen molar-refractivity contribution in [3.05, 3.63) is 34.7 Å². The van der Waals surface area contributed by atoms with Crippen molar-refractivity contribution in [3.8, 4) is 0 Å². The maximum atomic E-state index is 12.3. The lowest BCUT2D eigenvalue weighted by Gasteiger charge is -2.10. The minimum absolute atomic E-state index is 0.116. The quantitative estimate of drug-likeness (QED) is 0.771. The molecule has 5 heteroatoms. The predicted octanol–water partition coefficient (Wildman–Crippen LogP) is 3.87. The Hall–Kier alpha value is -2.14. The van der Waals surface area contributed by atoms with Gasteiger partial charge in [0, 0.05) is 16.8 Å². The van der Waals surface area contributed by atoms with Crippen LogP contribution >= 0.6 is 11.3 Å². The van der Waals surface area contributed by atoms with Gasteiger partial charge in [-0.15, -0.1) is 11.3 Å². The van der Waals surface area contributed by atoms with E-state index in [4.69, 9.17) is 5.73 Å². The van der Waals surface area contributed by atoms with E-state index in [2.05, 4.69) is 16.4 Å². The van der Waals surface area contributed by atoms with E-state index >= 15 is 0 Å². The van der Waals surface area contributed by atoms with Gasteiger partial charge in [0.05, 0.1) is 11.2 Å². The number of nitrogens with one attached hydrogen (secondary N) is 1. The van der Waals surface area contributed by atoms with Crippen LogP contribution in [-0.4, -0.2) is 16.9 Å². The molecule has 22 heavy (non-hydrogen) atoms. The Bertz CT molecular complexity index is 869. The van der Waals surface area contributed by atoms with Gasteiger partial charge in [0.15, 0.2) is 0 Å². The molecule has 0 saturated heterocycles. The highest BCUT2D eigenvalue weighted by atomic mass is 32.1. The minimum atomic E-state index is -0.116. The summed E-state index contributed by atoms with van der Waals surface area (Å²) in [6, 6.07) is 8.28. The molecule has 1 amide bonds. The number of aromatic nitrogens is 1. The van der Waals surface area contributed by atoms with Gasteiger partial charge in [-0.2, -0.15) is 0 Å². The van der Waals surface area contributed by atoms with Crippen LogP contribution in [0.1, 0.15) is 35.5 Å². The number of anilines is 1. The Morgan fingerprint density at radius 2 is 2.18 bits per heavy atom. The van der Waals surface area contributed by atoms with Crippen LogP contribution in [0.2, 0.25) is 0 Å². The molecule has 0 fully saturated rings. The molecule has 2 heterocycles. The number of rotatable bonds is 3. The third-order valence-electron chi connectivity index (χ3n) is 3.87. The largest absolute Gasteiger partial charge is 0.397 e. The van der Waals surface area contributed by atoms with Gasteiger partial charge in [-0.25, -0.2) is 4.98 Å². The summed E-state index contributed by atoms with van der Waals surface area (Å²) >= 11 is 1.36. The average molecular weight is 313 g/mol. The van der Waals surface area contributed by atoms with Crippen molar-refractivity contribution in [3.63, 3.8) is 0 Å². The van der Waals surface area contributed by atoms with E-state index in [0.29, 0.717) is 10.6 Å². The molecule has 1 aromatic carbocycles. The summed E-state index contributed by atoms with van der Waals surface area (Å²) in [5.74, 6) is -0.116. The van der Waals surface area contributed by atoms with E-state index in [1.165, 1.54) is 16.9 Å². The highest BCUT2D eigenvalue weighted by Crippen LogP contribution is 2.34. The van der Waals surface area contributed by atoms with Crippen molar-refractivity contribution >= 4 is 44.1 Å². The van der Waals surface area contributed by atoms with Gasteiger partial charge >= 0.3 is 0 Å². The third-order valence-corrected chi connectivity index (χ3v) is 4.98. The van der Waals surface area contributed by atoms with Gasteiger partial charge in [-0.3, -0.25) is 4.79 Å². The summed E-state index contributed by atoms with van der Waals surface area (Å²) in [4.78, 5) is 18.4. The molecule has 0 unspecified atom stereocenters. The summed E-state index contributed by atoms with van der Waals surface area (Å²) in [6.07, 6.45) is 0.887. The van der Waals surface area contributed by atoms with Crippen LogP contribution in [0.15, 0.2) is 24.3 Å². The second-order valence-corrected chi connectivity index (χ2v) is 6.66. The number of nitrogen functional groups attached to an aromatic ring is 1. The van der Waals surface area contributed by atoms with Crippen molar-refractivity contribution in [1.29, 1.82) is 0 Å². The Kier molecular flexibility index (Phi) is 3.74. The second kappa shape index (κ2) is 5.57. The van der Waals surface area contributed by atoms with E-state index in [9.17, 15) is 4.79 Å². The first-order valence-electron chi connectivity index (χ1n) is 7.40. The Morgan fingerprint density at radius 3 is 2.91 bits per heavy atom. The van der Waals surface area contributed by atoms with Gasteiger partial charge in [-0.05, 0) is 38.0 Å². The highest BCUT2D eigenvalue weighted by molar-refractivity contribution is 7.21. The second-order valence-electron chi connectivity index (χ2n) is 5.66. The molecule has 4 nitrogen and oxygen atoms in total. The van der Waals surface area contributed by atoms with E-state index in [-0.39, 0.29) is 11.9 Å². The van der Waals surface area contributed by atoms with Crippen LogP contribution in [0, 0.1) is 6.92 Å². The molecule has 114 valence electrons. The number of hydrogen-bond donors (Lipinski definition) is 2. The maximum absolute atomic E-state index is 12.3. The van der Waals surface area contributed by atoms with Crippen LogP contribution in [0.25, 0.3) is 21.1 Å². The fourth-order valence-corrected chi connectivity index (χ4v) is 3.35. The number of hydrogen-bond acceptors (Lipinski definition) is 4. The Morgan fingerprint density at radius 1 is 1.41 bits per heavy atom. The number of nitrogens with zero attached hydrogens (tertiary/aromatic N) is 1. The molecule has 2 aromatic heterocycles. The number of carbonyl (C=O) groups excluding carboxylic acids is 1. The molecule has 1 atom stereocenters. The summed E-state index contributed by atoms with van der Waals surface area (Å²) in [7, 11) is 0. The summed E-state index contributed by atoms with van der Waals surface area (Å²) in [5, 5.41) is 4.86. The topological polar surface area (TPSA) is 68.0 Å². The molecule has 3 N–H and O–H groups in total. The van der Waals surface area contributed by atoms with E-state index in [0.717, 1.165) is 27.5 Å². The van der Waals surface area contributed by atoms with Crippen molar-refractivity contribution in [2.75, 3.05) is 5.73 Å². The Balaban J connectivity index is 2.11. The SMILES string of the molecule is CC[C@@H](C)NC(=O)c1sc2nc3cc(C)ccc3cc2c1N. The molecule has 0 saturated carbocycles. The molecule has 0 radical (unpaired) electrons. The number of amides is 1. The number of pyridine rings is 1. The van der Waals surface area contributed by atoms with Gasteiger partial charge in [0.1, 0.15) is 9.71 Å². The van der Waals surface area contributed by atoms with E-state index < -0.39 is 0 Å². The van der Waals surface area contributed by atoms with Crippen LogP contribution in [-0.2, 0) is 0 Å². The number of benzene rings is 1. The van der Waals surface area contributed by atoms with Crippen LogP contribution in [0.3, 0.4) is 0 Å². The number of carbonyl (C=O) groups is 1. The number of aryl methyl sites for hydroxylation is 1. The highest BCUT2D eigenvalue weighted by Gasteiger charge is 2.18. The molecule has 3 rings (SSSR count). The lowest BCUT2D eigenvalue weighted by Crippen LogP contribution is -2.31. The first kappa shape index (κ1) is 14.8. The van der Waals surface area contributed by atoms with Gasteiger partial charge in [0.25, 0.3) is 5.91 Å². The first-order chi connectivity index (χ1) is 10.5. The minimum Gasteiger partial charge on any atom is -0.397 e. The molecule has 0 spiro atoms. The molecular weight excluding hydrogens is 294 g/mol. The number of thiophene rings is 1. The molecule has 0 aliphatic heterocycles. The van der Waals surface area contributed by atoms with Gasteiger partial charge in [-0.1, -0.05) is 19.1 Å². The predicted molar refractivity (Wildman–Crippen MR) is 93.5 cm³/mol. The van der Waals surface area contributed by atoms with Gasteiger partial charge < -0.3 is 11.1 Å². The van der Waals surface area contributed by atoms with Crippen LogP contribution < -0.4 is 11.1 Å². The summed E-state index contributed by atoms with van der Waals surface area (Å²) < 4.78 is 0. The summed E-state index contributed by atoms with van der Waals surface area (Å²) in [6.45, 7) is 6.06. The lowest BCUT2D eigenvalue weighted by atomic mass is 10.1. The summed E-state index contributed by atoms with van der Waals surface area (Å²) in [5.41, 5.74) is 8.81. The van der Waals surface area contributed by atoms with Crippen LogP contribution in [0.5, 0.6) is 0 Å². The zero-order chi connectivity index (χ0) is 15.9. The van der Waals surface area contributed by atoms with E-state index in [1.54, 1.807) is 0 Å². The molecule has 0 bridgehead atoms. The molecule has 0 aliphatic carbocycles. The zero-order valence-electron chi connectivity index (χ0n) is 12.9. The Labute approximate surface area is 133 Å². The first-order valence-corrected chi connectivity index (χ1v) is 8.21. The molecular formula is C17H19N3OS. The number of nitrogens with two attached hydrogens (primary N) is 1. The van der Waals surface area contributed by atoms with Crippen molar-refractivity contribution in [2.24, 2.45) is 0 Å².